The molecule has 0 fully saturated rings. The number of aromatic nitrogens is 1. The number of nitrogens with zero attached hydrogens (tertiary/aromatic N) is 2. The van der Waals surface area contributed by atoms with Gasteiger partial charge in [0, 0.05) is 26.0 Å². The topological polar surface area (TPSA) is 84.7 Å². The normalized spacial score (nSPS) is 10.6. The second-order valence-electron chi connectivity index (χ2n) is 5.93. The molecule has 0 aliphatic carbocycles. The van der Waals surface area contributed by atoms with Gasteiger partial charge >= 0.3 is 0 Å². The van der Waals surface area contributed by atoms with Gasteiger partial charge in [-0.2, -0.15) is 0 Å². The summed E-state index contributed by atoms with van der Waals surface area (Å²) in [5, 5.41) is 6.65. The summed E-state index contributed by atoms with van der Waals surface area (Å²) in [6, 6.07) is 8.90. The molecule has 0 aliphatic rings. The molecule has 7 nitrogen and oxygen atoms in total. The summed E-state index contributed by atoms with van der Waals surface area (Å²) in [5.41, 5.74) is 0.604. The van der Waals surface area contributed by atoms with Gasteiger partial charge in [-0.25, -0.2) is 0 Å². The van der Waals surface area contributed by atoms with Crippen LogP contribution in [0.1, 0.15) is 33.0 Å². The number of anilines is 2. The fraction of sp³-hybridized carbons (Fsp3) is 0.389. The Balaban J connectivity index is 1.99. The minimum absolute atomic E-state index is 0.00154. The van der Waals surface area contributed by atoms with Crippen molar-refractivity contribution in [1.82, 2.24) is 5.16 Å². The van der Waals surface area contributed by atoms with Gasteiger partial charge in [-0.1, -0.05) is 17.3 Å². The first-order chi connectivity index (χ1) is 11.9. The third-order valence-corrected chi connectivity index (χ3v) is 3.36. The standard InChI is InChI=1S/C18H23N3O4/c1-12(2)24-16-8-6-5-7-15(16)19-18(23)9-10-21(14(4)22)17-11-13(3)25-20-17/h5-8,11-12H,9-10H2,1-4H3,(H,19,23). The van der Waals surface area contributed by atoms with E-state index >= 15 is 0 Å². The van der Waals surface area contributed by atoms with Gasteiger partial charge in [0.15, 0.2) is 5.82 Å². The molecule has 134 valence electrons. The molecule has 1 aromatic carbocycles. The Morgan fingerprint density at radius 3 is 2.64 bits per heavy atom. The molecular weight excluding hydrogens is 322 g/mol. The number of para-hydroxylation sites is 2. The third kappa shape index (κ3) is 5.34. The van der Waals surface area contributed by atoms with E-state index in [2.05, 4.69) is 10.5 Å². The lowest BCUT2D eigenvalue weighted by molar-refractivity contribution is -0.117. The first kappa shape index (κ1) is 18.5. The van der Waals surface area contributed by atoms with Gasteiger partial charge in [0.05, 0.1) is 11.8 Å². The zero-order valence-corrected chi connectivity index (χ0v) is 14.9. The van der Waals surface area contributed by atoms with E-state index in [-0.39, 0.29) is 30.9 Å². The third-order valence-electron chi connectivity index (χ3n) is 3.36. The largest absolute Gasteiger partial charge is 0.489 e. The van der Waals surface area contributed by atoms with Gasteiger partial charge in [-0.3, -0.25) is 14.5 Å². The lowest BCUT2D eigenvalue weighted by atomic mass is 10.2. The van der Waals surface area contributed by atoms with Crippen LogP contribution >= 0.6 is 0 Å². The molecule has 2 rings (SSSR count). The van der Waals surface area contributed by atoms with Crippen LogP contribution in [0.4, 0.5) is 11.5 Å². The average Bonchev–Trinajstić information content (AvgIpc) is 2.95. The molecule has 0 bridgehead atoms. The average molecular weight is 345 g/mol. The van der Waals surface area contributed by atoms with E-state index in [9.17, 15) is 9.59 Å². The summed E-state index contributed by atoms with van der Waals surface area (Å²) in [6.45, 7) is 7.22. The van der Waals surface area contributed by atoms with E-state index < -0.39 is 0 Å². The molecule has 2 amide bonds. The summed E-state index contributed by atoms with van der Waals surface area (Å²) in [7, 11) is 0. The molecular formula is C18H23N3O4. The van der Waals surface area contributed by atoms with Crippen LogP contribution in [0.5, 0.6) is 5.75 Å². The molecule has 0 saturated carbocycles. The molecule has 2 aromatic rings. The highest BCUT2D eigenvalue weighted by Crippen LogP contribution is 2.25. The maximum absolute atomic E-state index is 12.3. The maximum atomic E-state index is 12.3. The summed E-state index contributed by atoms with van der Waals surface area (Å²) < 4.78 is 10.7. The first-order valence-corrected chi connectivity index (χ1v) is 8.13. The minimum atomic E-state index is -0.216. The van der Waals surface area contributed by atoms with Crippen LogP contribution in [0.25, 0.3) is 0 Å². The van der Waals surface area contributed by atoms with Crippen molar-refractivity contribution >= 4 is 23.3 Å². The number of hydrogen-bond donors (Lipinski definition) is 1. The van der Waals surface area contributed by atoms with E-state index in [1.54, 1.807) is 25.1 Å². The van der Waals surface area contributed by atoms with Crippen LogP contribution in [0.2, 0.25) is 0 Å². The lowest BCUT2D eigenvalue weighted by Gasteiger charge is -2.18. The first-order valence-electron chi connectivity index (χ1n) is 8.13. The van der Waals surface area contributed by atoms with Crippen molar-refractivity contribution in [1.29, 1.82) is 0 Å². The highest BCUT2D eigenvalue weighted by Gasteiger charge is 2.17. The van der Waals surface area contributed by atoms with Crippen molar-refractivity contribution in [2.45, 2.75) is 40.2 Å². The van der Waals surface area contributed by atoms with Gasteiger partial charge in [0.2, 0.25) is 11.8 Å². The fourth-order valence-electron chi connectivity index (χ4n) is 2.27. The minimum Gasteiger partial charge on any atom is -0.489 e. The fourth-order valence-corrected chi connectivity index (χ4v) is 2.27. The number of hydrogen-bond acceptors (Lipinski definition) is 5. The monoisotopic (exact) mass is 345 g/mol. The summed E-state index contributed by atoms with van der Waals surface area (Å²) in [5.74, 6) is 1.20. The molecule has 1 N–H and O–H groups in total. The van der Waals surface area contributed by atoms with Gasteiger partial charge in [0.25, 0.3) is 0 Å². The molecule has 0 atom stereocenters. The van der Waals surface area contributed by atoms with Gasteiger partial charge in [-0.15, -0.1) is 0 Å². The van der Waals surface area contributed by atoms with E-state index in [0.717, 1.165) is 0 Å². The smallest absolute Gasteiger partial charge is 0.226 e. The Bertz CT molecular complexity index is 739. The summed E-state index contributed by atoms with van der Waals surface area (Å²) in [6.07, 6.45) is 0.128. The molecule has 0 saturated heterocycles. The Hall–Kier alpha value is -2.83. The van der Waals surface area contributed by atoms with Crippen LogP contribution in [0.15, 0.2) is 34.9 Å². The predicted octanol–water partition coefficient (Wildman–Crippen LogP) is 3.15. The summed E-state index contributed by atoms with van der Waals surface area (Å²) >= 11 is 0. The number of nitrogens with one attached hydrogen (secondary N) is 1. The van der Waals surface area contributed by atoms with Crippen molar-refractivity contribution in [2.75, 3.05) is 16.8 Å². The SMILES string of the molecule is CC(=O)N(CCC(=O)Nc1ccccc1OC(C)C)c1cc(C)on1. The van der Waals surface area contributed by atoms with Crippen molar-refractivity contribution in [3.05, 3.63) is 36.1 Å². The summed E-state index contributed by atoms with van der Waals surface area (Å²) in [4.78, 5) is 25.5. The highest BCUT2D eigenvalue weighted by molar-refractivity contribution is 5.95. The van der Waals surface area contributed by atoms with Crippen LogP contribution < -0.4 is 15.0 Å². The maximum Gasteiger partial charge on any atom is 0.226 e. The molecule has 0 spiro atoms. The molecule has 0 radical (unpaired) electrons. The number of rotatable bonds is 7. The second kappa shape index (κ2) is 8.32. The Morgan fingerprint density at radius 1 is 1.32 bits per heavy atom. The number of benzene rings is 1. The number of amides is 2. The van der Waals surface area contributed by atoms with Gasteiger partial charge < -0.3 is 14.6 Å². The van der Waals surface area contributed by atoms with Crippen LogP contribution in [-0.4, -0.2) is 29.6 Å². The van der Waals surface area contributed by atoms with Crippen LogP contribution in [-0.2, 0) is 9.59 Å². The van der Waals surface area contributed by atoms with E-state index in [4.69, 9.17) is 9.26 Å². The second-order valence-corrected chi connectivity index (χ2v) is 5.93. The number of aryl methyl sites for hydroxylation is 1. The van der Waals surface area contributed by atoms with E-state index in [1.807, 2.05) is 26.0 Å². The molecule has 7 heteroatoms. The van der Waals surface area contributed by atoms with Gasteiger partial charge in [-0.05, 0) is 32.9 Å². The Labute approximate surface area is 146 Å². The van der Waals surface area contributed by atoms with Crippen LogP contribution in [0.3, 0.4) is 0 Å². The van der Waals surface area contributed by atoms with E-state index in [1.165, 1.54) is 11.8 Å². The van der Waals surface area contributed by atoms with E-state index in [0.29, 0.717) is 23.0 Å². The van der Waals surface area contributed by atoms with Crippen molar-refractivity contribution in [3.8, 4) is 5.75 Å². The highest BCUT2D eigenvalue weighted by atomic mass is 16.5. The quantitative estimate of drug-likeness (QED) is 0.833. The molecule has 25 heavy (non-hydrogen) atoms. The molecule has 0 aliphatic heterocycles. The van der Waals surface area contributed by atoms with Crippen molar-refractivity contribution < 1.29 is 18.8 Å². The molecule has 1 heterocycles. The zero-order valence-electron chi connectivity index (χ0n) is 14.9. The van der Waals surface area contributed by atoms with Crippen LogP contribution in [0, 0.1) is 6.92 Å². The molecule has 1 aromatic heterocycles. The predicted molar refractivity (Wildman–Crippen MR) is 94.7 cm³/mol. The Kier molecular flexibility index (Phi) is 6.16. The molecule has 0 unspecified atom stereocenters. The Morgan fingerprint density at radius 2 is 2.04 bits per heavy atom. The van der Waals surface area contributed by atoms with Crippen molar-refractivity contribution in [2.24, 2.45) is 0 Å². The lowest BCUT2D eigenvalue weighted by Crippen LogP contribution is -2.32. The number of carbonyl (C=O) groups excluding carboxylic acids is 2. The van der Waals surface area contributed by atoms with Gasteiger partial charge in [0.1, 0.15) is 11.5 Å². The number of ether oxygens (including phenoxy) is 1. The number of carbonyl (C=O) groups is 2. The van der Waals surface area contributed by atoms with Crippen molar-refractivity contribution in [3.63, 3.8) is 0 Å². The zero-order chi connectivity index (χ0) is 18.4.